The Labute approximate surface area is 82.1 Å². The van der Waals surface area contributed by atoms with Gasteiger partial charge in [0, 0.05) is 5.69 Å². The van der Waals surface area contributed by atoms with Crippen molar-refractivity contribution in [2.45, 2.75) is 19.8 Å². The normalized spacial score (nSPS) is 19.7. The molecule has 1 atom stereocenters. The van der Waals surface area contributed by atoms with E-state index in [0.29, 0.717) is 0 Å². The molecule has 14 heavy (non-hydrogen) atoms. The Morgan fingerprint density at radius 3 is 2.79 bits per heavy atom. The summed E-state index contributed by atoms with van der Waals surface area (Å²) in [7, 11) is 0. The Kier molecular flexibility index (Phi) is 2.02. The summed E-state index contributed by atoms with van der Waals surface area (Å²) in [5.74, 6) is -0.328. The lowest BCUT2D eigenvalue weighted by molar-refractivity contribution is -0.117. The number of benzene rings is 1. The average Bonchev–Trinajstić information content (AvgIpc) is 2.40. The van der Waals surface area contributed by atoms with Crippen LogP contribution < -0.4 is 5.32 Å². The zero-order valence-electron chi connectivity index (χ0n) is 8.17. The fourth-order valence-electron chi connectivity index (χ4n) is 1.92. The van der Waals surface area contributed by atoms with Gasteiger partial charge in [0.2, 0.25) is 5.91 Å². The van der Waals surface area contributed by atoms with Crippen LogP contribution in [0.25, 0.3) is 0 Å². The Hall–Kier alpha value is -1.38. The molecule has 1 N–H and O–H groups in total. The number of carbonyl (C=O) groups is 1. The van der Waals surface area contributed by atoms with Crippen molar-refractivity contribution in [3.8, 4) is 0 Å². The summed E-state index contributed by atoms with van der Waals surface area (Å²) in [5, 5.41) is 2.75. The van der Waals surface area contributed by atoms with Gasteiger partial charge in [-0.3, -0.25) is 4.79 Å². The fourth-order valence-corrected chi connectivity index (χ4v) is 1.92. The molecule has 3 heteroatoms. The first-order valence-electron chi connectivity index (χ1n) is 4.70. The predicted octanol–water partition coefficient (Wildman–Crippen LogP) is 2.52. The molecule has 0 saturated carbocycles. The molecule has 0 aromatic heterocycles. The van der Waals surface area contributed by atoms with Gasteiger partial charge in [-0.2, -0.15) is 0 Å². The molecule has 1 aliphatic heterocycles. The number of rotatable bonds is 1. The Balaban J connectivity index is 2.50. The van der Waals surface area contributed by atoms with Gasteiger partial charge < -0.3 is 5.32 Å². The average molecular weight is 193 g/mol. The van der Waals surface area contributed by atoms with Crippen LogP contribution in [0.3, 0.4) is 0 Å². The van der Waals surface area contributed by atoms with E-state index >= 15 is 0 Å². The van der Waals surface area contributed by atoms with Crippen LogP contribution in [-0.2, 0) is 4.79 Å². The molecule has 0 saturated heterocycles. The van der Waals surface area contributed by atoms with Gasteiger partial charge in [0.15, 0.2) is 0 Å². The van der Waals surface area contributed by atoms with Crippen LogP contribution in [0.5, 0.6) is 0 Å². The maximum absolute atomic E-state index is 13.0. The maximum Gasteiger partial charge on any atom is 0.232 e. The van der Waals surface area contributed by atoms with Crippen LogP contribution in [0, 0.1) is 11.7 Å². The summed E-state index contributed by atoms with van der Waals surface area (Å²) in [6.45, 7) is 3.93. The largest absolute Gasteiger partial charge is 0.325 e. The van der Waals surface area contributed by atoms with E-state index in [-0.39, 0.29) is 23.6 Å². The highest BCUT2D eigenvalue weighted by atomic mass is 19.1. The highest BCUT2D eigenvalue weighted by molar-refractivity contribution is 6.02. The van der Waals surface area contributed by atoms with Gasteiger partial charge >= 0.3 is 0 Å². The summed E-state index contributed by atoms with van der Waals surface area (Å²) >= 11 is 0. The van der Waals surface area contributed by atoms with E-state index in [4.69, 9.17) is 0 Å². The van der Waals surface area contributed by atoms with E-state index in [2.05, 4.69) is 5.32 Å². The van der Waals surface area contributed by atoms with Crippen molar-refractivity contribution in [3.63, 3.8) is 0 Å². The topological polar surface area (TPSA) is 29.1 Å². The first-order chi connectivity index (χ1) is 6.59. The number of hydrogen-bond donors (Lipinski definition) is 1. The predicted molar refractivity (Wildman–Crippen MR) is 52.6 cm³/mol. The second-order valence-corrected chi connectivity index (χ2v) is 3.94. The van der Waals surface area contributed by atoms with Crippen LogP contribution in [0.15, 0.2) is 18.2 Å². The molecule has 0 fully saturated rings. The van der Waals surface area contributed by atoms with Crippen molar-refractivity contribution in [1.29, 1.82) is 0 Å². The lowest BCUT2D eigenvalue weighted by Gasteiger charge is -2.12. The van der Waals surface area contributed by atoms with Crippen molar-refractivity contribution in [2.24, 2.45) is 5.92 Å². The molecule has 1 aromatic carbocycles. The molecule has 1 aromatic rings. The third kappa shape index (κ3) is 1.29. The Bertz CT molecular complexity index is 387. The number of nitrogens with one attached hydrogen (secondary N) is 1. The maximum atomic E-state index is 13.0. The molecule has 1 heterocycles. The summed E-state index contributed by atoms with van der Waals surface area (Å²) in [6, 6.07) is 4.42. The molecule has 0 bridgehead atoms. The van der Waals surface area contributed by atoms with Crippen LogP contribution in [0.1, 0.15) is 25.3 Å². The lowest BCUT2D eigenvalue weighted by Crippen LogP contribution is -2.16. The molecule has 74 valence electrons. The molecular weight excluding hydrogens is 181 g/mol. The van der Waals surface area contributed by atoms with Gasteiger partial charge in [0.1, 0.15) is 5.82 Å². The first-order valence-corrected chi connectivity index (χ1v) is 4.70. The molecule has 0 unspecified atom stereocenters. The number of fused-ring (bicyclic) bond motifs is 1. The van der Waals surface area contributed by atoms with E-state index in [1.807, 2.05) is 13.8 Å². The SMILES string of the molecule is CC(C)[C@H]1C(=O)Nc2ccc(F)cc21. The highest BCUT2D eigenvalue weighted by Gasteiger charge is 2.32. The third-order valence-electron chi connectivity index (χ3n) is 2.56. The molecule has 2 rings (SSSR count). The van der Waals surface area contributed by atoms with Crippen LogP contribution in [0.2, 0.25) is 0 Å². The van der Waals surface area contributed by atoms with Crippen molar-refractivity contribution < 1.29 is 9.18 Å². The first kappa shape index (κ1) is 9.19. The number of carbonyl (C=O) groups excluding carboxylic acids is 1. The van der Waals surface area contributed by atoms with Crippen molar-refractivity contribution >= 4 is 11.6 Å². The molecule has 0 spiro atoms. The zero-order valence-corrected chi connectivity index (χ0v) is 8.17. The molecule has 0 radical (unpaired) electrons. The smallest absolute Gasteiger partial charge is 0.232 e. The van der Waals surface area contributed by atoms with E-state index in [1.165, 1.54) is 12.1 Å². The van der Waals surface area contributed by atoms with E-state index in [9.17, 15) is 9.18 Å². The summed E-state index contributed by atoms with van der Waals surface area (Å²) < 4.78 is 13.0. The number of halogens is 1. The molecule has 1 amide bonds. The molecular formula is C11H12FNO. The summed E-state index contributed by atoms with van der Waals surface area (Å²) in [5.41, 5.74) is 1.53. The van der Waals surface area contributed by atoms with Gasteiger partial charge in [-0.05, 0) is 29.7 Å². The Morgan fingerprint density at radius 1 is 1.43 bits per heavy atom. The molecule has 1 aliphatic rings. The molecule has 0 aliphatic carbocycles. The summed E-state index contributed by atoms with van der Waals surface area (Å²) in [4.78, 5) is 11.6. The molecule has 2 nitrogen and oxygen atoms in total. The van der Waals surface area contributed by atoms with Gasteiger partial charge in [-0.15, -0.1) is 0 Å². The second-order valence-electron chi connectivity index (χ2n) is 3.94. The van der Waals surface area contributed by atoms with Crippen LogP contribution >= 0.6 is 0 Å². The van der Waals surface area contributed by atoms with E-state index < -0.39 is 0 Å². The number of amides is 1. The van der Waals surface area contributed by atoms with Crippen molar-refractivity contribution in [1.82, 2.24) is 0 Å². The standard InChI is InChI=1S/C11H12FNO/c1-6(2)10-8-5-7(12)3-4-9(8)13-11(10)14/h3-6,10H,1-2H3,(H,13,14)/t10-/m1/s1. The third-order valence-corrected chi connectivity index (χ3v) is 2.56. The van der Waals surface area contributed by atoms with Gasteiger partial charge in [0.25, 0.3) is 0 Å². The minimum atomic E-state index is -0.286. The van der Waals surface area contributed by atoms with E-state index in [0.717, 1.165) is 11.3 Å². The minimum absolute atomic E-state index is 0.0272. The fraction of sp³-hybridized carbons (Fsp3) is 0.364. The van der Waals surface area contributed by atoms with Gasteiger partial charge in [-0.25, -0.2) is 4.39 Å². The van der Waals surface area contributed by atoms with Crippen molar-refractivity contribution in [3.05, 3.63) is 29.6 Å². The van der Waals surface area contributed by atoms with Crippen LogP contribution in [0.4, 0.5) is 10.1 Å². The van der Waals surface area contributed by atoms with Crippen LogP contribution in [-0.4, -0.2) is 5.91 Å². The van der Waals surface area contributed by atoms with E-state index in [1.54, 1.807) is 6.07 Å². The monoisotopic (exact) mass is 193 g/mol. The Morgan fingerprint density at radius 2 is 2.14 bits per heavy atom. The zero-order chi connectivity index (χ0) is 10.3. The highest BCUT2D eigenvalue weighted by Crippen LogP contribution is 2.37. The summed E-state index contributed by atoms with van der Waals surface area (Å²) in [6.07, 6.45) is 0. The number of hydrogen-bond acceptors (Lipinski definition) is 1. The minimum Gasteiger partial charge on any atom is -0.325 e. The quantitative estimate of drug-likeness (QED) is 0.729. The van der Waals surface area contributed by atoms with Gasteiger partial charge in [0.05, 0.1) is 5.92 Å². The lowest BCUT2D eigenvalue weighted by atomic mass is 9.90. The van der Waals surface area contributed by atoms with Gasteiger partial charge in [-0.1, -0.05) is 13.8 Å². The van der Waals surface area contributed by atoms with Crippen molar-refractivity contribution in [2.75, 3.05) is 5.32 Å². The number of anilines is 1. The second kappa shape index (κ2) is 3.08.